The van der Waals surface area contributed by atoms with Crippen LogP contribution in [0.3, 0.4) is 0 Å². The summed E-state index contributed by atoms with van der Waals surface area (Å²) >= 11 is 0. The van der Waals surface area contributed by atoms with E-state index in [-0.39, 0.29) is 22.8 Å². The molecule has 1 saturated carbocycles. The second-order valence-corrected chi connectivity index (χ2v) is 10.1. The first-order valence-electron chi connectivity index (χ1n) is 10.9. The molecule has 1 aliphatic rings. The normalized spacial score (nSPS) is 18.2. The Bertz CT molecular complexity index is 824. The van der Waals surface area contributed by atoms with Crippen molar-refractivity contribution in [2.75, 3.05) is 7.11 Å². The number of amides is 1. The van der Waals surface area contributed by atoms with Gasteiger partial charge in [0.15, 0.2) is 0 Å². The number of nitrogens with one attached hydrogen (secondary N) is 1. The van der Waals surface area contributed by atoms with Crippen molar-refractivity contribution in [2.24, 2.45) is 10.8 Å². The largest absolute Gasteiger partial charge is 0.497 e. The van der Waals surface area contributed by atoms with Gasteiger partial charge in [-0.2, -0.15) is 0 Å². The van der Waals surface area contributed by atoms with Gasteiger partial charge >= 0.3 is 0 Å². The van der Waals surface area contributed by atoms with Crippen LogP contribution < -0.4 is 10.1 Å². The predicted molar refractivity (Wildman–Crippen MR) is 116 cm³/mol. The average Bonchev–Trinajstić information content (AvgIpc) is 3.10. The SMILES string of the molecule is COc1ccc(CCc2nnc(CCC(=O)NC3CC(C)(C)CC(C)(C)C3)o2)cc1. The van der Waals surface area contributed by atoms with E-state index in [0.29, 0.717) is 31.0 Å². The van der Waals surface area contributed by atoms with Gasteiger partial charge in [-0.25, -0.2) is 0 Å². The maximum Gasteiger partial charge on any atom is 0.220 e. The van der Waals surface area contributed by atoms with Crippen molar-refractivity contribution in [1.82, 2.24) is 15.5 Å². The summed E-state index contributed by atoms with van der Waals surface area (Å²) in [5, 5.41) is 11.5. The molecule has 30 heavy (non-hydrogen) atoms. The summed E-state index contributed by atoms with van der Waals surface area (Å²) in [6.07, 6.45) is 5.58. The summed E-state index contributed by atoms with van der Waals surface area (Å²) in [4.78, 5) is 12.5. The fraction of sp³-hybridized carbons (Fsp3) is 0.625. The second-order valence-electron chi connectivity index (χ2n) is 10.1. The molecule has 1 N–H and O–H groups in total. The minimum atomic E-state index is 0.0616. The molecule has 164 valence electrons. The lowest BCUT2D eigenvalue weighted by atomic mass is 9.63. The van der Waals surface area contributed by atoms with Gasteiger partial charge in [-0.15, -0.1) is 10.2 Å². The maximum absolute atomic E-state index is 12.5. The third kappa shape index (κ3) is 6.57. The van der Waals surface area contributed by atoms with Crippen molar-refractivity contribution in [3.63, 3.8) is 0 Å². The molecular formula is C24H35N3O3. The van der Waals surface area contributed by atoms with Crippen LogP contribution in [0.1, 0.15) is 70.7 Å². The van der Waals surface area contributed by atoms with Crippen LogP contribution in [0, 0.1) is 10.8 Å². The highest BCUT2D eigenvalue weighted by Crippen LogP contribution is 2.45. The highest BCUT2D eigenvalue weighted by molar-refractivity contribution is 5.76. The molecule has 6 nitrogen and oxygen atoms in total. The van der Waals surface area contributed by atoms with Gasteiger partial charge in [0.1, 0.15) is 5.75 Å². The van der Waals surface area contributed by atoms with Crippen molar-refractivity contribution < 1.29 is 13.9 Å². The van der Waals surface area contributed by atoms with Gasteiger partial charge < -0.3 is 14.5 Å². The van der Waals surface area contributed by atoms with E-state index < -0.39 is 0 Å². The highest BCUT2D eigenvalue weighted by atomic mass is 16.5. The lowest BCUT2D eigenvalue weighted by Gasteiger charge is -2.45. The zero-order valence-corrected chi connectivity index (χ0v) is 19.0. The first-order chi connectivity index (χ1) is 14.1. The number of aromatic nitrogens is 2. The molecule has 1 aromatic heterocycles. The van der Waals surface area contributed by atoms with Gasteiger partial charge in [-0.05, 0) is 54.2 Å². The van der Waals surface area contributed by atoms with Crippen LogP contribution in [0.5, 0.6) is 5.75 Å². The molecule has 0 atom stereocenters. The number of ether oxygens (including phenoxy) is 1. The Morgan fingerprint density at radius 1 is 1.03 bits per heavy atom. The minimum Gasteiger partial charge on any atom is -0.497 e. The molecule has 1 fully saturated rings. The summed E-state index contributed by atoms with van der Waals surface area (Å²) in [5.41, 5.74) is 1.70. The third-order valence-corrected chi connectivity index (χ3v) is 5.78. The lowest BCUT2D eigenvalue weighted by molar-refractivity contribution is -0.122. The zero-order chi connectivity index (χ0) is 21.8. The second kappa shape index (κ2) is 9.19. The molecular weight excluding hydrogens is 378 g/mol. The van der Waals surface area contributed by atoms with E-state index in [2.05, 4.69) is 43.2 Å². The third-order valence-electron chi connectivity index (χ3n) is 5.78. The summed E-state index contributed by atoms with van der Waals surface area (Å²) in [6.45, 7) is 9.16. The Hall–Kier alpha value is -2.37. The van der Waals surface area contributed by atoms with E-state index in [9.17, 15) is 4.79 Å². The molecule has 1 aromatic carbocycles. The van der Waals surface area contributed by atoms with Crippen LogP contribution in [0.2, 0.25) is 0 Å². The number of benzene rings is 1. The molecule has 0 unspecified atom stereocenters. The van der Waals surface area contributed by atoms with Gasteiger partial charge in [0.05, 0.1) is 7.11 Å². The van der Waals surface area contributed by atoms with Crippen LogP contribution in [0.25, 0.3) is 0 Å². The van der Waals surface area contributed by atoms with E-state index in [4.69, 9.17) is 9.15 Å². The molecule has 0 radical (unpaired) electrons. The molecule has 0 bridgehead atoms. The number of hydrogen-bond donors (Lipinski definition) is 1. The van der Waals surface area contributed by atoms with Crippen molar-refractivity contribution in [1.29, 1.82) is 0 Å². The molecule has 0 saturated heterocycles. The van der Waals surface area contributed by atoms with Crippen LogP contribution in [0.15, 0.2) is 28.7 Å². The Morgan fingerprint density at radius 3 is 2.23 bits per heavy atom. The molecule has 3 rings (SSSR count). The average molecular weight is 414 g/mol. The molecule has 0 aliphatic heterocycles. The van der Waals surface area contributed by atoms with Crippen molar-refractivity contribution >= 4 is 5.91 Å². The molecule has 0 spiro atoms. The van der Waals surface area contributed by atoms with Crippen molar-refractivity contribution in [3.05, 3.63) is 41.6 Å². The molecule has 1 heterocycles. The van der Waals surface area contributed by atoms with Crippen LogP contribution >= 0.6 is 0 Å². The number of aryl methyl sites for hydroxylation is 3. The minimum absolute atomic E-state index is 0.0616. The Morgan fingerprint density at radius 2 is 1.63 bits per heavy atom. The van der Waals surface area contributed by atoms with Crippen LogP contribution in [-0.2, 0) is 24.1 Å². The summed E-state index contributed by atoms with van der Waals surface area (Å²) in [6, 6.07) is 8.20. The van der Waals surface area contributed by atoms with Crippen molar-refractivity contribution in [3.8, 4) is 5.75 Å². The molecule has 1 aliphatic carbocycles. The first-order valence-corrected chi connectivity index (χ1v) is 10.9. The highest BCUT2D eigenvalue weighted by Gasteiger charge is 2.38. The van der Waals surface area contributed by atoms with Gasteiger partial charge in [0, 0.05) is 25.3 Å². The van der Waals surface area contributed by atoms with Gasteiger partial charge in [-0.3, -0.25) is 4.79 Å². The Labute approximate surface area is 179 Å². The predicted octanol–water partition coefficient (Wildman–Crippen LogP) is 4.52. The van der Waals surface area contributed by atoms with E-state index in [1.165, 1.54) is 12.0 Å². The molecule has 2 aromatic rings. The van der Waals surface area contributed by atoms with E-state index in [1.807, 2.05) is 24.3 Å². The number of nitrogens with zero attached hydrogens (tertiary/aromatic N) is 2. The first kappa shape index (κ1) is 22.3. The fourth-order valence-corrected chi connectivity index (χ4v) is 5.00. The smallest absolute Gasteiger partial charge is 0.220 e. The standard InChI is InChI=1S/C24H35N3O3/c1-23(2)14-18(15-24(3,4)16-23)25-20(28)11-13-22-27-26-21(30-22)12-8-17-6-9-19(29-5)10-7-17/h6-7,9-10,18H,8,11-16H2,1-5H3,(H,25,28). The quantitative estimate of drug-likeness (QED) is 0.689. The van der Waals surface area contributed by atoms with Crippen molar-refractivity contribution in [2.45, 2.75) is 78.7 Å². The summed E-state index contributed by atoms with van der Waals surface area (Å²) in [5.74, 6) is 2.04. The number of hydrogen-bond acceptors (Lipinski definition) is 5. The van der Waals surface area contributed by atoms with Gasteiger partial charge in [0.25, 0.3) is 0 Å². The molecule has 6 heteroatoms. The topological polar surface area (TPSA) is 77.2 Å². The Kier molecular flexibility index (Phi) is 6.84. The van der Waals surface area contributed by atoms with Crippen LogP contribution in [0.4, 0.5) is 0 Å². The van der Waals surface area contributed by atoms with Crippen LogP contribution in [-0.4, -0.2) is 29.3 Å². The monoisotopic (exact) mass is 413 g/mol. The fourth-order valence-electron chi connectivity index (χ4n) is 5.00. The molecule has 1 amide bonds. The number of carbonyl (C=O) groups excluding carboxylic acids is 1. The Balaban J connectivity index is 1.43. The van der Waals surface area contributed by atoms with E-state index >= 15 is 0 Å². The number of methoxy groups -OCH3 is 1. The number of carbonyl (C=O) groups is 1. The van der Waals surface area contributed by atoms with E-state index in [0.717, 1.165) is 25.0 Å². The lowest BCUT2D eigenvalue weighted by Crippen LogP contribution is -2.46. The summed E-state index contributed by atoms with van der Waals surface area (Å²) < 4.78 is 10.9. The van der Waals surface area contributed by atoms with Gasteiger partial charge in [-0.1, -0.05) is 39.8 Å². The number of rotatable bonds is 8. The van der Waals surface area contributed by atoms with E-state index in [1.54, 1.807) is 7.11 Å². The zero-order valence-electron chi connectivity index (χ0n) is 19.0. The van der Waals surface area contributed by atoms with Gasteiger partial charge in [0.2, 0.25) is 17.7 Å². The summed E-state index contributed by atoms with van der Waals surface area (Å²) in [7, 11) is 1.66. The maximum atomic E-state index is 12.5.